The standard InChI is InChI=1S/C14H16N4O3S/c1-17-9-11(8-13(17)14(19)16-15)22(20,21)18-7-6-10-4-2-3-5-12(10)18/h2-5,8-9H,6-7,15H2,1H3,(H,16,19). The predicted molar refractivity (Wildman–Crippen MR) is 81.7 cm³/mol. The highest BCUT2D eigenvalue weighted by atomic mass is 32.2. The van der Waals surface area contributed by atoms with Gasteiger partial charge in [0.1, 0.15) is 10.6 Å². The van der Waals surface area contributed by atoms with E-state index < -0.39 is 15.9 Å². The average Bonchev–Trinajstić information content (AvgIpc) is 3.10. The van der Waals surface area contributed by atoms with Crippen molar-refractivity contribution < 1.29 is 13.2 Å². The maximum absolute atomic E-state index is 12.8. The molecule has 1 aliphatic rings. The van der Waals surface area contributed by atoms with Crippen molar-refractivity contribution in [2.45, 2.75) is 11.3 Å². The number of para-hydroxylation sites is 1. The van der Waals surface area contributed by atoms with Crippen LogP contribution in [0.5, 0.6) is 0 Å². The summed E-state index contributed by atoms with van der Waals surface area (Å²) in [7, 11) is -2.11. The van der Waals surface area contributed by atoms with Gasteiger partial charge in [-0.1, -0.05) is 18.2 Å². The summed E-state index contributed by atoms with van der Waals surface area (Å²) in [5.41, 5.74) is 3.89. The summed E-state index contributed by atoms with van der Waals surface area (Å²) < 4.78 is 28.5. The van der Waals surface area contributed by atoms with E-state index in [4.69, 9.17) is 5.84 Å². The molecule has 1 aromatic heterocycles. The number of rotatable bonds is 3. The summed E-state index contributed by atoms with van der Waals surface area (Å²) in [6, 6.07) is 8.74. The Labute approximate surface area is 128 Å². The third-order valence-electron chi connectivity index (χ3n) is 3.78. The van der Waals surface area contributed by atoms with Crippen molar-refractivity contribution >= 4 is 21.6 Å². The Hall–Kier alpha value is -2.32. The Kier molecular flexibility index (Phi) is 3.42. The highest BCUT2D eigenvalue weighted by Crippen LogP contribution is 2.32. The average molecular weight is 320 g/mol. The largest absolute Gasteiger partial charge is 0.345 e. The number of nitrogens with zero attached hydrogens (tertiary/aromatic N) is 2. The number of aromatic nitrogens is 1. The van der Waals surface area contributed by atoms with Crippen LogP contribution in [0.3, 0.4) is 0 Å². The van der Waals surface area contributed by atoms with Crippen molar-refractivity contribution in [2.75, 3.05) is 10.8 Å². The molecule has 2 aromatic rings. The fourth-order valence-electron chi connectivity index (χ4n) is 2.66. The zero-order valence-corrected chi connectivity index (χ0v) is 12.8. The normalized spacial score (nSPS) is 14.0. The summed E-state index contributed by atoms with van der Waals surface area (Å²) in [4.78, 5) is 11.7. The van der Waals surface area contributed by atoms with Crippen LogP contribution in [0.25, 0.3) is 0 Å². The highest BCUT2D eigenvalue weighted by Gasteiger charge is 2.32. The molecule has 0 atom stereocenters. The summed E-state index contributed by atoms with van der Waals surface area (Å²) in [5, 5.41) is 0. The van der Waals surface area contributed by atoms with Crippen LogP contribution in [0.2, 0.25) is 0 Å². The first-order valence-electron chi connectivity index (χ1n) is 6.73. The molecule has 0 radical (unpaired) electrons. The molecule has 7 nitrogen and oxygen atoms in total. The molecule has 2 heterocycles. The smallest absolute Gasteiger partial charge is 0.281 e. The molecule has 0 fully saturated rings. The van der Waals surface area contributed by atoms with Crippen LogP contribution < -0.4 is 15.6 Å². The number of hydrazine groups is 1. The van der Waals surface area contributed by atoms with Crippen molar-refractivity contribution in [3.8, 4) is 0 Å². The number of anilines is 1. The Morgan fingerprint density at radius 3 is 2.77 bits per heavy atom. The van der Waals surface area contributed by atoms with Crippen molar-refractivity contribution in [2.24, 2.45) is 12.9 Å². The molecule has 1 amide bonds. The molecule has 3 rings (SSSR count). The van der Waals surface area contributed by atoms with E-state index in [1.165, 1.54) is 21.1 Å². The van der Waals surface area contributed by atoms with Gasteiger partial charge in [-0.05, 0) is 24.1 Å². The van der Waals surface area contributed by atoms with Crippen LogP contribution in [0, 0.1) is 0 Å². The number of amides is 1. The topological polar surface area (TPSA) is 97.4 Å². The maximum Gasteiger partial charge on any atom is 0.281 e. The zero-order valence-electron chi connectivity index (χ0n) is 12.0. The van der Waals surface area contributed by atoms with Crippen LogP contribution in [-0.4, -0.2) is 25.4 Å². The molecule has 0 saturated carbocycles. The molecule has 8 heteroatoms. The molecule has 1 aliphatic heterocycles. The molecule has 0 saturated heterocycles. The summed E-state index contributed by atoms with van der Waals surface area (Å²) in [6.45, 7) is 0.398. The summed E-state index contributed by atoms with van der Waals surface area (Å²) in [5.74, 6) is 4.57. The molecule has 3 N–H and O–H groups in total. The van der Waals surface area contributed by atoms with Crippen molar-refractivity contribution in [3.63, 3.8) is 0 Å². The van der Waals surface area contributed by atoms with Crippen LogP contribution in [0.15, 0.2) is 41.4 Å². The third-order valence-corrected chi connectivity index (χ3v) is 5.55. The third kappa shape index (κ3) is 2.16. The lowest BCUT2D eigenvalue weighted by molar-refractivity contribution is 0.0945. The Bertz CT molecular complexity index is 842. The molecular formula is C14H16N4O3S. The van der Waals surface area contributed by atoms with Gasteiger partial charge in [0.25, 0.3) is 15.9 Å². The van der Waals surface area contributed by atoms with Crippen molar-refractivity contribution in [1.82, 2.24) is 9.99 Å². The number of nitrogens with one attached hydrogen (secondary N) is 1. The molecule has 0 unspecified atom stereocenters. The fourth-order valence-corrected chi connectivity index (χ4v) is 4.23. The molecule has 1 aromatic carbocycles. The fraction of sp³-hybridized carbons (Fsp3) is 0.214. The van der Waals surface area contributed by atoms with Crippen LogP contribution in [-0.2, 0) is 23.5 Å². The van der Waals surface area contributed by atoms with Gasteiger partial charge in [0.05, 0.1) is 5.69 Å². The Morgan fingerprint density at radius 2 is 2.05 bits per heavy atom. The molecule has 0 spiro atoms. The molecule has 0 bridgehead atoms. The molecule has 116 valence electrons. The first-order valence-corrected chi connectivity index (χ1v) is 8.17. The minimum absolute atomic E-state index is 0.0744. The number of hydrogen-bond donors (Lipinski definition) is 2. The van der Waals surface area contributed by atoms with Gasteiger partial charge in [0, 0.05) is 19.8 Å². The minimum Gasteiger partial charge on any atom is -0.345 e. The van der Waals surface area contributed by atoms with Crippen molar-refractivity contribution in [3.05, 3.63) is 47.8 Å². The lowest BCUT2D eigenvalue weighted by Crippen LogP contribution is -2.31. The number of carbonyl (C=O) groups is 1. The van der Waals surface area contributed by atoms with E-state index in [0.29, 0.717) is 18.7 Å². The Morgan fingerprint density at radius 1 is 1.32 bits per heavy atom. The number of fused-ring (bicyclic) bond motifs is 1. The van der Waals surface area contributed by atoms with Gasteiger partial charge in [-0.25, -0.2) is 14.3 Å². The van der Waals surface area contributed by atoms with E-state index >= 15 is 0 Å². The lowest BCUT2D eigenvalue weighted by Gasteiger charge is -2.18. The number of sulfonamides is 1. The van der Waals surface area contributed by atoms with Gasteiger partial charge in [0.15, 0.2) is 0 Å². The number of nitrogens with two attached hydrogens (primary N) is 1. The van der Waals surface area contributed by atoms with E-state index in [2.05, 4.69) is 0 Å². The van der Waals surface area contributed by atoms with E-state index in [9.17, 15) is 13.2 Å². The Balaban J connectivity index is 2.03. The number of nitrogen functional groups attached to an aromatic ring is 1. The lowest BCUT2D eigenvalue weighted by atomic mass is 10.2. The van der Waals surface area contributed by atoms with Gasteiger partial charge in [-0.3, -0.25) is 14.5 Å². The van der Waals surface area contributed by atoms with E-state index in [0.717, 1.165) is 5.56 Å². The number of hydrogen-bond acceptors (Lipinski definition) is 4. The van der Waals surface area contributed by atoms with Crippen molar-refractivity contribution in [1.29, 1.82) is 0 Å². The van der Waals surface area contributed by atoms with Gasteiger partial charge >= 0.3 is 0 Å². The van der Waals surface area contributed by atoms with Gasteiger partial charge in [-0.2, -0.15) is 0 Å². The van der Waals surface area contributed by atoms with E-state index in [1.54, 1.807) is 13.1 Å². The highest BCUT2D eigenvalue weighted by molar-refractivity contribution is 7.92. The number of benzene rings is 1. The molecular weight excluding hydrogens is 304 g/mol. The monoisotopic (exact) mass is 320 g/mol. The SMILES string of the molecule is Cn1cc(S(=O)(=O)N2CCc3ccccc32)cc1C(=O)NN. The van der Waals surface area contributed by atoms with Crippen LogP contribution in [0.1, 0.15) is 16.1 Å². The molecule has 22 heavy (non-hydrogen) atoms. The first kappa shape index (κ1) is 14.6. The van der Waals surface area contributed by atoms with E-state index in [1.807, 2.05) is 23.6 Å². The van der Waals surface area contributed by atoms with Crippen LogP contribution in [0.4, 0.5) is 5.69 Å². The van der Waals surface area contributed by atoms with Crippen LogP contribution >= 0.6 is 0 Å². The predicted octanol–water partition coefficient (Wildman–Crippen LogP) is 0.380. The first-order chi connectivity index (χ1) is 10.4. The minimum atomic E-state index is -3.70. The van der Waals surface area contributed by atoms with Gasteiger partial charge in [-0.15, -0.1) is 0 Å². The van der Waals surface area contributed by atoms with E-state index in [-0.39, 0.29) is 10.6 Å². The van der Waals surface area contributed by atoms with Gasteiger partial charge in [0.2, 0.25) is 0 Å². The second kappa shape index (κ2) is 5.15. The summed E-state index contributed by atoms with van der Waals surface area (Å²) in [6.07, 6.45) is 2.10. The number of aryl methyl sites for hydroxylation is 1. The maximum atomic E-state index is 12.8. The molecule has 0 aliphatic carbocycles. The quantitative estimate of drug-likeness (QED) is 0.485. The van der Waals surface area contributed by atoms with Gasteiger partial charge < -0.3 is 4.57 Å². The second-order valence-electron chi connectivity index (χ2n) is 5.10. The zero-order chi connectivity index (χ0) is 15.9. The summed E-state index contributed by atoms with van der Waals surface area (Å²) >= 11 is 0. The second-order valence-corrected chi connectivity index (χ2v) is 6.96. The number of carbonyl (C=O) groups excluding carboxylic acids is 1.